The Hall–Kier alpha value is -3.84. The molecule has 3 aromatic carbocycles. The van der Waals surface area contributed by atoms with E-state index in [1.165, 1.54) is 4.31 Å². The van der Waals surface area contributed by atoms with E-state index in [0.29, 0.717) is 24.6 Å². The lowest BCUT2D eigenvalue weighted by Crippen LogP contribution is -2.30. The van der Waals surface area contributed by atoms with Crippen molar-refractivity contribution < 1.29 is 13.2 Å². The minimum absolute atomic E-state index is 0.213. The zero-order chi connectivity index (χ0) is 23.8. The normalized spacial score (nSPS) is 11.1. The summed E-state index contributed by atoms with van der Waals surface area (Å²) >= 11 is 0. The number of hydrogen-bond donors (Lipinski definition) is 1. The summed E-state index contributed by atoms with van der Waals surface area (Å²) in [4.78, 5) is 4.25. The molecule has 0 aliphatic rings. The van der Waals surface area contributed by atoms with Gasteiger partial charge in [-0.25, -0.2) is 8.42 Å². The maximum absolute atomic E-state index is 13.6. The van der Waals surface area contributed by atoms with Crippen LogP contribution in [0.5, 0.6) is 5.75 Å². The van der Waals surface area contributed by atoms with Crippen LogP contribution >= 0.6 is 0 Å². The molecule has 0 saturated heterocycles. The van der Waals surface area contributed by atoms with Crippen LogP contribution in [0.3, 0.4) is 0 Å². The molecule has 4 aromatic rings. The third-order valence-corrected chi connectivity index (χ3v) is 6.99. The zero-order valence-corrected chi connectivity index (χ0v) is 19.8. The minimum Gasteiger partial charge on any atom is -0.492 e. The van der Waals surface area contributed by atoms with Gasteiger partial charge in [0.15, 0.2) is 0 Å². The number of anilines is 2. The molecule has 0 amide bonds. The van der Waals surface area contributed by atoms with Crippen LogP contribution in [-0.4, -0.2) is 26.6 Å². The van der Waals surface area contributed by atoms with E-state index < -0.39 is 10.0 Å². The quantitative estimate of drug-likeness (QED) is 0.318. The second kappa shape index (κ2) is 10.9. The van der Waals surface area contributed by atoms with Gasteiger partial charge in [0.2, 0.25) is 0 Å². The maximum Gasteiger partial charge on any atom is 0.264 e. The number of aromatic nitrogens is 1. The van der Waals surface area contributed by atoms with Crippen molar-refractivity contribution in [2.75, 3.05) is 22.8 Å². The van der Waals surface area contributed by atoms with E-state index in [2.05, 4.69) is 10.3 Å². The molecule has 0 spiro atoms. The van der Waals surface area contributed by atoms with E-state index in [1.54, 1.807) is 48.8 Å². The average Bonchev–Trinajstić information content (AvgIpc) is 2.86. The smallest absolute Gasteiger partial charge is 0.264 e. The molecule has 0 radical (unpaired) electrons. The Morgan fingerprint density at radius 2 is 1.56 bits per heavy atom. The first-order chi connectivity index (χ1) is 16.5. The second-order valence-electron chi connectivity index (χ2n) is 7.83. The summed E-state index contributed by atoms with van der Waals surface area (Å²) in [6, 6.07) is 27.4. The molecule has 1 heterocycles. The summed E-state index contributed by atoms with van der Waals surface area (Å²) in [6.07, 6.45) is 3.45. The molecule has 0 atom stereocenters. The van der Waals surface area contributed by atoms with Crippen molar-refractivity contribution >= 4 is 21.4 Å². The highest BCUT2D eigenvalue weighted by Gasteiger charge is 2.25. The summed E-state index contributed by atoms with van der Waals surface area (Å²) in [5.41, 5.74) is 3.33. The predicted octanol–water partition coefficient (Wildman–Crippen LogP) is 5.28. The van der Waals surface area contributed by atoms with Crippen LogP contribution in [0.2, 0.25) is 0 Å². The largest absolute Gasteiger partial charge is 0.492 e. The molecule has 0 aliphatic carbocycles. The summed E-state index contributed by atoms with van der Waals surface area (Å²) < 4.78 is 34.7. The van der Waals surface area contributed by atoms with Crippen molar-refractivity contribution in [1.82, 2.24) is 4.98 Å². The van der Waals surface area contributed by atoms with Gasteiger partial charge in [0, 0.05) is 30.7 Å². The molecule has 1 N–H and O–H groups in total. The number of rotatable bonds is 10. The van der Waals surface area contributed by atoms with Crippen molar-refractivity contribution in [1.29, 1.82) is 0 Å². The number of benzene rings is 3. The molecule has 34 heavy (non-hydrogen) atoms. The lowest BCUT2D eigenvalue weighted by Gasteiger charge is -2.26. The minimum atomic E-state index is -3.79. The van der Waals surface area contributed by atoms with Crippen LogP contribution in [-0.2, 0) is 16.6 Å². The van der Waals surface area contributed by atoms with Crippen molar-refractivity contribution in [3.05, 3.63) is 115 Å². The van der Waals surface area contributed by atoms with Crippen LogP contribution in [0.25, 0.3) is 0 Å². The Balaban J connectivity index is 1.58. The van der Waals surface area contributed by atoms with Crippen molar-refractivity contribution in [2.45, 2.75) is 18.4 Å². The van der Waals surface area contributed by atoms with Crippen molar-refractivity contribution in [2.24, 2.45) is 0 Å². The Morgan fingerprint density at radius 1 is 0.882 bits per heavy atom. The Bertz CT molecular complexity index is 1300. The number of aryl methyl sites for hydroxylation is 1. The molecule has 7 heteroatoms. The highest BCUT2D eigenvalue weighted by molar-refractivity contribution is 7.92. The van der Waals surface area contributed by atoms with Gasteiger partial charge in [-0.3, -0.25) is 9.29 Å². The maximum atomic E-state index is 13.6. The van der Waals surface area contributed by atoms with Gasteiger partial charge in [0.25, 0.3) is 10.0 Å². The van der Waals surface area contributed by atoms with Gasteiger partial charge in [-0.05, 0) is 54.4 Å². The first-order valence-electron chi connectivity index (χ1n) is 11.0. The molecule has 0 saturated carbocycles. The van der Waals surface area contributed by atoms with E-state index in [0.717, 1.165) is 16.8 Å². The summed E-state index contributed by atoms with van der Waals surface area (Å²) in [5, 5.41) is 3.27. The predicted molar refractivity (Wildman–Crippen MR) is 136 cm³/mol. The van der Waals surface area contributed by atoms with Crippen LogP contribution in [0, 0.1) is 6.92 Å². The van der Waals surface area contributed by atoms with E-state index in [4.69, 9.17) is 4.74 Å². The Labute approximate surface area is 200 Å². The van der Waals surface area contributed by atoms with E-state index in [1.807, 2.05) is 61.5 Å². The molecule has 4 rings (SSSR count). The lowest BCUT2D eigenvalue weighted by atomic mass is 10.2. The molecule has 6 nitrogen and oxygen atoms in total. The number of pyridine rings is 1. The van der Waals surface area contributed by atoms with Crippen LogP contribution < -0.4 is 14.4 Å². The fraction of sp³-hybridized carbons (Fsp3) is 0.148. The van der Waals surface area contributed by atoms with Gasteiger partial charge in [-0.2, -0.15) is 0 Å². The monoisotopic (exact) mass is 473 g/mol. The molecule has 0 aliphatic heterocycles. The van der Waals surface area contributed by atoms with Crippen LogP contribution in [0.1, 0.15) is 11.1 Å². The SMILES string of the molecule is Cc1cc(OCCNc2ccncc2)cc(N(Cc2ccccc2)S(=O)(=O)c2ccccc2)c1. The van der Waals surface area contributed by atoms with Crippen molar-refractivity contribution in [3.63, 3.8) is 0 Å². The van der Waals surface area contributed by atoms with Gasteiger partial charge in [0.1, 0.15) is 12.4 Å². The van der Waals surface area contributed by atoms with E-state index >= 15 is 0 Å². The van der Waals surface area contributed by atoms with Gasteiger partial charge >= 0.3 is 0 Å². The number of nitrogens with one attached hydrogen (secondary N) is 1. The summed E-state index contributed by atoms with van der Waals surface area (Å²) in [7, 11) is -3.79. The highest BCUT2D eigenvalue weighted by atomic mass is 32.2. The number of sulfonamides is 1. The van der Waals surface area contributed by atoms with E-state index in [9.17, 15) is 8.42 Å². The van der Waals surface area contributed by atoms with Gasteiger partial charge in [-0.1, -0.05) is 48.5 Å². The molecule has 1 aromatic heterocycles. The van der Waals surface area contributed by atoms with Crippen LogP contribution in [0.15, 0.2) is 108 Å². The highest BCUT2D eigenvalue weighted by Crippen LogP contribution is 2.30. The summed E-state index contributed by atoms with van der Waals surface area (Å²) in [5.74, 6) is 0.618. The number of hydrogen-bond acceptors (Lipinski definition) is 5. The average molecular weight is 474 g/mol. The fourth-order valence-electron chi connectivity index (χ4n) is 3.57. The fourth-order valence-corrected chi connectivity index (χ4v) is 5.03. The molecule has 174 valence electrons. The molecule has 0 fully saturated rings. The first kappa shape index (κ1) is 23.3. The third-order valence-electron chi connectivity index (χ3n) is 5.20. The lowest BCUT2D eigenvalue weighted by molar-refractivity contribution is 0.333. The van der Waals surface area contributed by atoms with Crippen LogP contribution in [0.4, 0.5) is 11.4 Å². The van der Waals surface area contributed by atoms with Crippen molar-refractivity contribution in [3.8, 4) is 5.75 Å². The van der Waals surface area contributed by atoms with Gasteiger partial charge in [-0.15, -0.1) is 0 Å². The standard InChI is InChI=1S/C27H27N3O3S/c1-22-18-25(20-26(19-22)33-17-16-29-24-12-14-28-15-13-24)30(21-23-8-4-2-5-9-23)34(31,32)27-10-6-3-7-11-27/h2-15,18-20H,16-17,21H2,1H3,(H,28,29). The van der Waals surface area contributed by atoms with E-state index in [-0.39, 0.29) is 11.4 Å². The Morgan fingerprint density at radius 3 is 2.26 bits per heavy atom. The number of nitrogens with zero attached hydrogens (tertiary/aromatic N) is 2. The van der Waals surface area contributed by atoms with Gasteiger partial charge < -0.3 is 10.1 Å². The molecule has 0 bridgehead atoms. The Kier molecular flexibility index (Phi) is 7.44. The second-order valence-corrected chi connectivity index (χ2v) is 9.69. The molecule has 0 unspecified atom stereocenters. The zero-order valence-electron chi connectivity index (χ0n) is 19.0. The molecular formula is C27H27N3O3S. The number of ether oxygens (including phenoxy) is 1. The third kappa shape index (κ3) is 5.94. The molecular weight excluding hydrogens is 446 g/mol. The first-order valence-corrected chi connectivity index (χ1v) is 12.5. The van der Waals surface area contributed by atoms with Gasteiger partial charge in [0.05, 0.1) is 17.1 Å². The topological polar surface area (TPSA) is 71.5 Å². The summed E-state index contributed by atoms with van der Waals surface area (Å²) in [6.45, 7) is 3.17.